The molecule has 0 spiro atoms. The molecule has 1 aliphatic rings. The molecule has 1 fully saturated rings. The maximum Gasteiger partial charge on any atom is 0.253 e. The zero-order valence-electron chi connectivity index (χ0n) is 12.9. The van der Waals surface area contributed by atoms with Gasteiger partial charge in [-0.05, 0) is 18.4 Å². The van der Waals surface area contributed by atoms with Crippen molar-refractivity contribution in [3.8, 4) is 0 Å². The molecule has 1 aromatic carbocycles. The molecule has 2 heterocycles. The van der Waals surface area contributed by atoms with Gasteiger partial charge in [-0.25, -0.2) is 4.98 Å². The highest BCUT2D eigenvalue weighted by atomic mass is 32.1. The molecule has 122 valence electrons. The molecule has 23 heavy (non-hydrogen) atoms. The van der Waals surface area contributed by atoms with Crippen molar-refractivity contribution in [2.75, 3.05) is 24.5 Å². The van der Waals surface area contributed by atoms with Gasteiger partial charge in [-0.2, -0.15) is 0 Å². The highest BCUT2D eigenvalue weighted by molar-refractivity contribution is 7.13. The number of nitrogens with one attached hydrogen (secondary N) is 1. The van der Waals surface area contributed by atoms with Crippen molar-refractivity contribution < 1.29 is 9.90 Å². The lowest BCUT2D eigenvalue weighted by Crippen LogP contribution is -2.31. The van der Waals surface area contributed by atoms with Crippen LogP contribution in [-0.4, -0.2) is 35.6 Å². The van der Waals surface area contributed by atoms with E-state index >= 15 is 0 Å². The summed E-state index contributed by atoms with van der Waals surface area (Å²) in [5, 5.41) is 15.9. The van der Waals surface area contributed by atoms with Gasteiger partial charge in [0.15, 0.2) is 11.2 Å². The number of nitrogens with zero attached hydrogens (tertiary/aromatic N) is 2. The van der Waals surface area contributed by atoms with E-state index in [1.54, 1.807) is 35.6 Å². The second kappa shape index (κ2) is 7.57. The molecule has 1 aliphatic heterocycles. The number of thiazole rings is 1. The largest absolute Gasteiger partial charge is 0.378 e. The fourth-order valence-electron chi connectivity index (χ4n) is 2.66. The van der Waals surface area contributed by atoms with Crippen molar-refractivity contribution in [2.45, 2.75) is 25.4 Å². The van der Waals surface area contributed by atoms with Gasteiger partial charge < -0.3 is 15.3 Å². The molecule has 0 radical (unpaired) electrons. The number of carbonyl (C=O) groups is 1. The maximum absolute atomic E-state index is 12.0. The van der Waals surface area contributed by atoms with Crippen LogP contribution < -0.4 is 10.2 Å². The van der Waals surface area contributed by atoms with Crippen LogP contribution in [0, 0.1) is 0 Å². The van der Waals surface area contributed by atoms with E-state index in [1.165, 1.54) is 12.8 Å². The Hall–Kier alpha value is -1.92. The Morgan fingerprint density at radius 3 is 2.78 bits per heavy atom. The topological polar surface area (TPSA) is 65.5 Å². The Morgan fingerprint density at radius 1 is 1.30 bits per heavy atom. The number of hydrogen-bond donors (Lipinski definition) is 2. The summed E-state index contributed by atoms with van der Waals surface area (Å²) in [5.41, 5.74) is 1.60. The third kappa shape index (κ3) is 4.09. The van der Waals surface area contributed by atoms with Crippen molar-refractivity contribution in [3.63, 3.8) is 0 Å². The number of amides is 1. The number of aromatic nitrogens is 1. The van der Waals surface area contributed by atoms with Crippen LogP contribution in [0.25, 0.3) is 0 Å². The first kappa shape index (κ1) is 16.0. The van der Waals surface area contributed by atoms with E-state index in [1.807, 2.05) is 11.4 Å². The molecule has 6 heteroatoms. The number of aliphatic hydroxyl groups excluding tert-OH is 1. The van der Waals surface area contributed by atoms with E-state index in [0.29, 0.717) is 18.5 Å². The number of rotatable bonds is 6. The van der Waals surface area contributed by atoms with Crippen LogP contribution in [0.4, 0.5) is 5.13 Å². The molecule has 5 nitrogen and oxygen atoms in total. The quantitative estimate of drug-likeness (QED) is 0.851. The van der Waals surface area contributed by atoms with Gasteiger partial charge in [-0.3, -0.25) is 4.79 Å². The molecule has 1 amide bonds. The van der Waals surface area contributed by atoms with Crippen LogP contribution in [0.2, 0.25) is 0 Å². The molecule has 2 aromatic rings. The van der Waals surface area contributed by atoms with Crippen molar-refractivity contribution >= 4 is 22.4 Å². The summed E-state index contributed by atoms with van der Waals surface area (Å²) in [6.45, 7) is 2.66. The van der Waals surface area contributed by atoms with Gasteiger partial charge in [0.05, 0.1) is 5.69 Å². The van der Waals surface area contributed by atoms with Crippen LogP contribution in [0.5, 0.6) is 0 Å². The molecular weight excluding hydrogens is 310 g/mol. The first-order valence-corrected chi connectivity index (χ1v) is 8.82. The lowest BCUT2D eigenvalue weighted by Gasteiger charge is -2.12. The number of benzene rings is 1. The normalized spacial score (nSPS) is 15.6. The Morgan fingerprint density at radius 2 is 2.04 bits per heavy atom. The first-order chi connectivity index (χ1) is 11.2. The van der Waals surface area contributed by atoms with Crippen LogP contribution in [0.3, 0.4) is 0 Å². The van der Waals surface area contributed by atoms with Gasteiger partial charge in [-0.1, -0.05) is 30.3 Å². The molecular formula is C17H21N3O2S. The highest BCUT2D eigenvalue weighted by Crippen LogP contribution is 2.24. The van der Waals surface area contributed by atoms with Crippen molar-refractivity contribution in [1.82, 2.24) is 10.3 Å². The van der Waals surface area contributed by atoms with Gasteiger partial charge in [0, 0.05) is 31.4 Å². The average molecular weight is 331 g/mol. The van der Waals surface area contributed by atoms with E-state index in [9.17, 15) is 9.90 Å². The zero-order valence-corrected chi connectivity index (χ0v) is 13.8. The molecule has 0 saturated carbocycles. The standard InChI is InChI=1S/C17H21N3O2S/c21-15(13-6-2-1-3-7-13)16(22)18-9-8-14-12-23-17(19-14)20-10-4-5-11-20/h1-3,6-7,12,15,21H,4-5,8-11H2,(H,18,22). The molecule has 1 aromatic heterocycles. The molecule has 1 atom stereocenters. The lowest BCUT2D eigenvalue weighted by molar-refractivity contribution is -0.129. The fraction of sp³-hybridized carbons (Fsp3) is 0.412. The van der Waals surface area contributed by atoms with Crippen LogP contribution in [0.1, 0.15) is 30.2 Å². The second-order valence-corrected chi connectivity index (χ2v) is 6.51. The maximum atomic E-state index is 12.0. The minimum absolute atomic E-state index is 0.369. The highest BCUT2D eigenvalue weighted by Gasteiger charge is 2.17. The SMILES string of the molecule is O=C(NCCc1csc(N2CCCC2)n1)C(O)c1ccccc1. The molecule has 2 N–H and O–H groups in total. The summed E-state index contributed by atoms with van der Waals surface area (Å²) in [6, 6.07) is 8.95. The molecule has 1 saturated heterocycles. The van der Waals surface area contributed by atoms with Crippen LogP contribution in [0.15, 0.2) is 35.7 Å². The predicted molar refractivity (Wildman–Crippen MR) is 91.7 cm³/mol. The van der Waals surface area contributed by atoms with Crippen molar-refractivity contribution in [3.05, 3.63) is 47.0 Å². The summed E-state index contributed by atoms with van der Waals surface area (Å²) < 4.78 is 0. The van der Waals surface area contributed by atoms with E-state index in [0.717, 1.165) is 23.9 Å². The van der Waals surface area contributed by atoms with E-state index in [-0.39, 0.29) is 5.91 Å². The van der Waals surface area contributed by atoms with Crippen molar-refractivity contribution in [1.29, 1.82) is 0 Å². The van der Waals surface area contributed by atoms with E-state index < -0.39 is 6.10 Å². The van der Waals surface area contributed by atoms with Crippen LogP contribution >= 0.6 is 11.3 Å². The number of aliphatic hydroxyl groups is 1. The zero-order chi connectivity index (χ0) is 16.1. The fourth-order valence-corrected chi connectivity index (χ4v) is 3.58. The summed E-state index contributed by atoms with van der Waals surface area (Å²) in [6.07, 6.45) is 2.04. The molecule has 0 aliphatic carbocycles. The summed E-state index contributed by atoms with van der Waals surface area (Å²) in [4.78, 5) is 18.9. The number of hydrogen-bond acceptors (Lipinski definition) is 5. The van der Waals surface area contributed by atoms with Crippen molar-refractivity contribution in [2.24, 2.45) is 0 Å². The van der Waals surface area contributed by atoms with E-state index in [4.69, 9.17) is 0 Å². The third-order valence-electron chi connectivity index (χ3n) is 3.96. The molecule has 1 unspecified atom stereocenters. The van der Waals surface area contributed by atoms with Gasteiger partial charge in [0.2, 0.25) is 0 Å². The minimum atomic E-state index is -1.12. The van der Waals surface area contributed by atoms with Crippen LogP contribution in [-0.2, 0) is 11.2 Å². The number of anilines is 1. The Balaban J connectivity index is 1.46. The first-order valence-electron chi connectivity index (χ1n) is 7.94. The summed E-state index contributed by atoms with van der Waals surface area (Å²) in [5.74, 6) is -0.369. The Kier molecular flexibility index (Phi) is 5.25. The smallest absolute Gasteiger partial charge is 0.253 e. The lowest BCUT2D eigenvalue weighted by atomic mass is 10.1. The van der Waals surface area contributed by atoms with Gasteiger partial charge in [0.25, 0.3) is 5.91 Å². The summed E-state index contributed by atoms with van der Waals surface area (Å²) in [7, 11) is 0. The number of carbonyl (C=O) groups excluding carboxylic acids is 1. The average Bonchev–Trinajstić information content (AvgIpc) is 3.26. The van der Waals surface area contributed by atoms with Gasteiger partial charge in [0.1, 0.15) is 0 Å². The van der Waals surface area contributed by atoms with Gasteiger partial charge >= 0.3 is 0 Å². The molecule has 3 rings (SSSR count). The monoisotopic (exact) mass is 331 g/mol. The summed E-state index contributed by atoms with van der Waals surface area (Å²) >= 11 is 1.66. The Labute approximate surface area is 140 Å². The third-order valence-corrected chi connectivity index (χ3v) is 4.91. The Bertz CT molecular complexity index is 638. The molecule has 0 bridgehead atoms. The van der Waals surface area contributed by atoms with Gasteiger partial charge in [-0.15, -0.1) is 11.3 Å². The predicted octanol–water partition coefficient (Wildman–Crippen LogP) is 2.14. The minimum Gasteiger partial charge on any atom is -0.378 e. The second-order valence-electron chi connectivity index (χ2n) is 5.67. The van der Waals surface area contributed by atoms with E-state index in [2.05, 4.69) is 15.2 Å².